The lowest BCUT2D eigenvalue weighted by Gasteiger charge is -2.11. The number of hydrogen-bond donors (Lipinski definition) is 3. The number of anilines is 3. The molecule has 20 heavy (non-hydrogen) atoms. The largest absolute Gasteiger partial charge is 0.397 e. The number of nitrogen functional groups attached to an aromatic ring is 1. The quantitative estimate of drug-likeness (QED) is 0.804. The number of rotatable bonds is 3. The Morgan fingerprint density at radius 1 is 1.25 bits per heavy atom. The van der Waals surface area contributed by atoms with Gasteiger partial charge in [0.2, 0.25) is 0 Å². The van der Waals surface area contributed by atoms with Gasteiger partial charge in [-0.2, -0.15) is 0 Å². The van der Waals surface area contributed by atoms with E-state index < -0.39 is 5.91 Å². The topological polar surface area (TPSA) is 94.0 Å². The number of pyridine rings is 1. The van der Waals surface area contributed by atoms with Crippen molar-refractivity contribution < 1.29 is 4.79 Å². The molecule has 0 aliphatic carbocycles. The molecule has 0 spiro atoms. The van der Waals surface area contributed by atoms with E-state index in [9.17, 15) is 4.79 Å². The monoisotopic (exact) mass is 334 g/mol. The number of benzene rings is 1. The van der Waals surface area contributed by atoms with E-state index in [1.54, 1.807) is 6.07 Å². The number of primary amides is 1. The van der Waals surface area contributed by atoms with Crippen LogP contribution < -0.4 is 16.8 Å². The number of aromatic nitrogens is 1. The molecule has 104 valence electrons. The molecule has 0 atom stereocenters. The molecule has 6 heteroatoms. The highest BCUT2D eigenvalue weighted by Crippen LogP contribution is 2.27. The van der Waals surface area contributed by atoms with Crippen LogP contribution in [0.25, 0.3) is 0 Å². The van der Waals surface area contributed by atoms with Crippen LogP contribution in [0.3, 0.4) is 0 Å². The molecule has 0 aliphatic rings. The summed E-state index contributed by atoms with van der Waals surface area (Å²) in [5.74, 6) is -0.0507. The van der Waals surface area contributed by atoms with Crippen molar-refractivity contribution >= 4 is 39.0 Å². The maximum atomic E-state index is 11.3. The van der Waals surface area contributed by atoms with E-state index in [2.05, 4.69) is 26.2 Å². The highest BCUT2D eigenvalue weighted by Gasteiger charge is 2.09. The molecular formula is C14H15BrN4O. The normalized spacial score (nSPS) is 10.3. The second kappa shape index (κ2) is 5.50. The minimum Gasteiger partial charge on any atom is -0.397 e. The van der Waals surface area contributed by atoms with Gasteiger partial charge in [-0.15, -0.1) is 0 Å². The predicted octanol–water partition coefficient (Wildman–Crippen LogP) is 2.89. The van der Waals surface area contributed by atoms with Gasteiger partial charge in [0, 0.05) is 10.2 Å². The lowest BCUT2D eigenvalue weighted by molar-refractivity contribution is 0.100. The Kier molecular flexibility index (Phi) is 3.94. The first-order valence-electron chi connectivity index (χ1n) is 5.97. The van der Waals surface area contributed by atoms with Crippen molar-refractivity contribution in [3.05, 3.63) is 45.6 Å². The van der Waals surface area contributed by atoms with Gasteiger partial charge in [0.05, 0.1) is 17.4 Å². The fourth-order valence-corrected chi connectivity index (χ4v) is 2.14. The molecule has 0 bridgehead atoms. The minimum absolute atomic E-state index is 0.257. The Hall–Kier alpha value is -2.08. The predicted molar refractivity (Wildman–Crippen MR) is 84.1 cm³/mol. The second-order valence-electron chi connectivity index (χ2n) is 4.57. The lowest BCUT2D eigenvalue weighted by atomic mass is 10.1. The van der Waals surface area contributed by atoms with Gasteiger partial charge < -0.3 is 16.8 Å². The van der Waals surface area contributed by atoms with Crippen molar-refractivity contribution in [2.45, 2.75) is 13.8 Å². The van der Waals surface area contributed by atoms with E-state index in [4.69, 9.17) is 11.5 Å². The fourth-order valence-electron chi connectivity index (χ4n) is 1.91. The highest BCUT2D eigenvalue weighted by molar-refractivity contribution is 9.10. The number of carbonyl (C=O) groups is 1. The molecule has 1 aromatic carbocycles. The van der Waals surface area contributed by atoms with Gasteiger partial charge in [0.1, 0.15) is 5.82 Å². The number of amides is 1. The first kappa shape index (κ1) is 14.3. The van der Waals surface area contributed by atoms with Crippen LogP contribution in [0.5, 0.6) is 0 Å². The summed E-state index contributed by atoms with van der Waals surface area (Å²) in [5.41, 5.74) is 14.5. The lowest BCUT2D eigenvalue weighted by Crippen LogP contribution is -2.14. The van der Waals surface area contributed by atoms with Crippen molar-refractivity contribution in [1.29, 1.82) is 0 Å². The van der Waals surface area contributed by atoms with Crippen LogP contribution in [-0.4, -0.2) is 10.9 Å². The van der Waals surface area contributed by atoms with Crippen LogP contribution >= 0.6 is 15.9 Å². The maximum Gasteiger partial charge on any atom is 0.250 e. The SMILES string of the molecule is Cc1cc(Nc2cc(C(N)=O)c(N)cn2)cc(C)c1Br. The summed E-state index contributed by atoms with van der Waals surface area (Å²) in [6, 6.07) is 5.52. The van der Waals surface area contributed by atoms with E-state index in [0.717, 1.165) is 21.3 Å². The summed E-state index contributed by atoms with van der Waals surface area (Å²) in [5, 5.41) is 3.14. The first-order valence-corrected chi connectivity index (χ1v) is 6.77. The molecule has 0 unspecified atom stereocenters. The zero-order valence-corrected chi connectivity index (χ0v) is 12.8. The van der Waals surface area contributed by atoms with Gasteiger partial charge in [0.15, 0.2) is 0 Å². The molecule has 5 nitrogen and oxygen atoms in total. The highest BCUT2D eigenvalue weighted by atomic mass is 79.9. The molecule has 0 radical (unpaired) electrons. The van der Waals surface area contributed by atoms with E-state index in [-0.39, 0.29) is 11.3 Å². The van der Waals surface area contributed by atoms with Gasteiger partial charge >= 0.3 is 0 Å². The van der Waals surface area contributed by atoms with Gasteiger partial charge in [-0.3, -0.25) is 4.79 Å². The smallest absolute Gasteiger partial charge is 0.250 e. The molecule has 0 fully saturated rings. The number of nitrogens with zero attached hydrogens (tertiary/aromatic N) is 1. The molecule has 0 saturated carbocycles. The molecule has 1 amide bonds. The Morgan fingerprint density at radius 2 is 1.85 bits per heavy atom. The van der Waals surface area contributed by atoms with Crippen LogP contribution in [0.15, 0.2) is 28.9 Å². The van der Waals surface area contributed by atoms with Crippen molar-refractivity contribution in [2.75, 3.05) is 11.1 Å². The number of nitrogens with two attached hydrogens (primary N) is 2. The summed E-state index contributed by atoms with van der Waals surface area (Å²) < 4.78 is 1.08. The van der Waals surface area contributed by atoms with Crippen molar-refractivity contribution in [1.82, 2.24) is 4.98 Å². The van der Waals surface area contributed by atoms with Crippen LogP contribution in [-0.2, 0) is 0 Å². The third-order valence-electron chi connectivity index (χ3n) is 2.91. The molecule has 1 heterocycles. The molecule has 5 N–H and O–H groups in total. The van der Waals surface area contributed by atoms with E-state index in [0.29, 0.717) is 5.82 Å². The standard InChI is InChI=1S/C14H15BrN4O/c1-7-3-9(4-8(2)13(7)15)19-12-5-10(14(17)20)11(16)6-18-12/h3-6H,16H2,1-2H3,(H2,17,20)(H,18,19). The first-order chi connectivity index (χ1) is 9.38. The Labute approximate surface area is 125 Å². The number of nitrogens with one attached hydrogen (secondary N) is 1. The average Bonchev–Trinajstić information content (AvgIpc) is 2.38. The Morgan fingerprint density at radius 3 is 2.40 bits per heavy atom. The minimum atomic E-state index is -0.573. The molecule has 2 rings (SSSR count). The van der Waals surface area contributed by atoms with Gasteiger partial charge in [-0.25, -0.2) is 4.98 Å². The van der Waals surface area contributed by atoms with Gasteiger partial charge in [-0.1, -0.05) is 15.9 Å². The molecule has 0 saturated heterocycles. The third-order valence-corrected chi connectivity index (χ3v) is 4.16. The summed E-state index contributed by atoms with van der Waals surface area (Å²) in [6.07, 6.45) is 1.42. The zero-order valence-electron chi connectivity index (χ0n) is 11.2. The van der Waals surface area contributed by atoms with Crippen molar-refractivity contribution in [3.63, 3.8) is 0 Å². The molecule has 0 aliphatic heterocycles. The fraction of sp³-hybridized carbons (Fsp3) is 0.143. The van der Waals surface area contributed by atoms with Crippen LogP contribution in [0.2, 0.25) is 0 Å². The zero-order chi connectivity index (χ0) is 14.9. The summed E-state index contributed by atoms with van der Waals surface area (Å²) in [7, 11) is 0. The maximum absolute atomic E-state index is 11.3. The summed E-state index contributed by atoms with van der Waals surface area (Å²) in [4.78, 5) is 15.4. The van der Waals surface area contributed by atoms with E-state index >= 15 is 0 Å². The van der Waals surface area contributed by atoms with Crippen molar-refractivity contribution in [2.24, 2.45) is 5.73 Å². The number of halogens is 1. The van der Waals surface area contributed by atoms with Gasteiger partial charge in [-0.05, 0) is 43.2 Å². The number of hydrogen-bond acceptors (Lipinski definition) is 4. The van der Waals surface area contributed by atoms with Crippen LogP contribution in [0, 0.1) is 13.8 Å². The second-order valence-corrected chi connectivity index (χ2v) is 5.36. The third kappa shape index (κ3) is 2.91. The van der Waals surface area contributed by atoms with Crippen molar-refractivity contribution in [3.8, 4) is 0 Å². The number of aryl methyl sites for hydroxylation is 2. The number of carbonyl (C=O) groups excluding carboxylic acids is 1. The molecule has 2 aromatic rings. The Bertz CT molecular complexity index is 662. The summed E-state index contributed by atoms with van der Waals surface area (Å²) >= 11 is 3.52. The molecular weight excluding hydrogens is 320 g/mol. The summed E-state index contributed by atoms with van der Waals surface area (Å²) in [6.45, 7) is 4.01. The molecule has 1 aromatic heterocycles. The van der Waals surface area contributed by atoms with Crippen LogP contribution in [0.4, 0.5) is 17.2 Å². The van der Waals surface area contributed by atoms with Crippen LogP contribution in [0.1, 0.15) is 21.5 Å². The van der Waals surface area contributed by atoms with E-state index in [1.807, 2.05) is 26.0 Å². The van der Waals surface area contributed by atoms with Gasteiger partial charge in [0.25, 0.3) is 5.91 Å². The Balaban J connectivity index is 2.35. The van der Waals surface area contributed by atoms with E-state index in [1.165, 1.54) is 6.20 Å². The average molecular weight is 335 g/mol.